The molecular weight excluding hydrogens is 483 g/mol. The topological polar surface area (TPSA) is 92.8 Å². The number of amides is 1. The number of rotatable bonds is 6. The second-order valence-corrected chi connectivity index (χ2v) is 8.92. The van der Waals surface area contributed by atoms with Crippen LogP contribution >= 0.6 is 22.6 Å². The Morgan fingerprint density at radius 1 is 1.15 bits per heavy atom. The van der Waals surface area contributed by atoms with Crippen molar-refractivity contribution in [3.8, 4) is 0 Å². The molecular formula is C18H19IN2O5S. The standard InChI is InChI=1S/C18H19IN2O5S/c1-12-15(18(23)26-2)5-4-6-16(12)20-17(22)11-21(27(3,24)25)14-9-7-13(19)8-10-14/h4-10H,11H2,1-3H3,(H,20,22). The monoisotopic (exact) mass is 502 g/mol. The van der Waals surface area contributed by atoms with Crippen LogP contribution in [-0.2, 0) is 19.6 Å². The van der Waals surface area contributed by atoms with Gasteiger partial charge in [-0.1, -0.05) is 6.07 Å². The van der Waals surface area contributed by atoms with Crippen molar-refractivity contribution < 1.29 is 22.7 Å². The van der Waals surface area contributed by atoms with Gasteiger partial charge in [0.15, 0.2) is 0 Å². The van der Waals surface area contributed by atoms with E-state index in [1.165, 1.54) is 7.11 Å². The summed E-state index contributed by atoms with van der Waals surface area (Å²) in [7, 11) is -2.38. The van der Waals surface area contributed by atoms with Crippen molar-refractivity contribution in [2.75, 3.05) is 29.5 Å². The fourth-order valence-electron chi connectivity index (χ4n) is 2.43. The predicted molar refractivity (Wildman–Crippen MR) is 112 cm³/mol. The lowest BCUT2D eigenvalue weighted by Gasteiger charge is -2.22. The van der Waals surface area contributed by atoms with Crippen LogP contribution in [0.5, 0.6) is 0 Å². The molecule has 0 fully saturated rings. The van der Waals surface area contributed by atoms with Gasteiger partial charge in [0, 0.05) is 9.26 Å². The molecule has 0 aliphatic heterocycles. The van der Waals surface area contributed by atoms with E-state index in [-0.39, 0.29) is 6.54 Å². The van der Waals surface area contributed by atoms with Crippen molar-refractivity contribution in [2.24, 2.45) is 0 Å². The number of hydrogen-bond acceptors (Lipinski definition) is 5. The largest absolute Gasteiger partial charge is 0.465 e. The number of nitrogens with one attached hydrogen (secondary N) is 1. The van der Waals surface area contributed by atoms with Crippen LogP contribution in [0.1, 0.15) is 15.9 Å². The van der Waals surface area contributed by atoms with E-state index < -0.39 is 21.9 Å². The van der Waals surface area contributed by atoms with Crippen molar-refractivity contribution in [2.45, 2.75) is 6.92 Å². The molecule has 0 saturated heterocycles. The molecule has 0 aliphatic rings. The van der Waals surface area contributed by atoms with E-state index in [0.717, 1.165) is 14.1 Å². The third-order valence-corrected chi connectivity index (χ3v) is 5.68. The molecule has 0 spiro atoms. The maximum absolute atomic E-state index is 12.5. The summed E-state index contributed by atoms with van der Waals surface area (Å²) in [5.74, 6) is -1.04. The number of hydrogen-bond donors (Lipinski definition) is 1. The van der Waals surface area contributed by atoms with Gasteiger partial charge in [-0.05, 0) is 71.5 Å². The van der Waals surface area contributed by atoms with E-state index in [1.807, 2.05) is 0 Å². The molecule has 0 aromatic heterocycles. The number of halogens is 1. The Kier molecular flexibility index (Phi) is 6.82. The van der Waals surface area contributed by atoms with Crippen LogP contribution < -0.4 is 9.62 Å². The Bertz CT molecular complexity index is 958. The highest BCUT2D eigenvalue weighted by Gasteiger charge is 2.21. The molecule has 0 bridgehead atoms. The lowest BCUT2D eigenvalue weighted by atomic mass is 10.1. The van der Waals surface area contributed by atoms with Gasteiger partial charge in [-0.15, -0.1) is 0 Å². The summed E-state index contributed by atoms with van der Waals surface area (Å²) in [4.78, 5) is 24.2. The van der Waals surface area contributed by atoms with Crippen molar-refractivity contribution in [1.29, 1.82) is 0 Å². The molecule has 1 amide bonds. The Morgan fingerprint density at radius 3 is 2.33 bits per heavy atom. The molecule has 7 nitrogen and oxygen atoms in total. The van der Waals surface area contributed by atoms with Crippen LogP contribution in [-0.4, -0.2) is 40.2 Å². The summed E-state index contributed by atoms with van der Waals surface area (Å²) in [5, 5.41) is 2.66. The second-order valence-electron chi connectivity index (χ2n) is 5.76. The third kappa shape index (κ3) is 5.42. The fraction of sp³-hybridized carbons (Fsp3) is 0.222. The summed E-state index contributed by atoms with van der Waals surface area (Å²) in [6.45, 7) is 1.29. The van der Waals surface area contributed by atoms with Crippen molar-refractivity contribution in [3.05, 3.63) is 57.2 Å². The van der Waals surface area contributed by atoms with Gasteiger partial charge < -0.3 is 10.1 Å². The van der Waals surface area contributed by atoms with E-state index in [0.29, 0.717) is 22.5 Å². The Hall–Kier alpha value is -2.14. The Balaban J connectivity index is 2.25. The second kappa shape index (κ2) is 8.70. The molecule has 0 aliphatic carbocycles. The number of anilines is 2. The number of benzene rings is 2. The van der Waals surface area contributed by atoms with Gasteiger partial charge in [0.05, 0.1) is 24.6 Å². The zero-order valence-corrected chi connectivity index (χ0v) is 18.0. The van der Waals surface area contributed by atoms with Gasteiger partial charge in [-0.25, -0.2) is 13.2 Å². The average Bonchev–Trinajstić information content (AvgIpc) is 2.61. The van der Waals surface area contributed by atoms with Gasteiger partial charge >= 0.3 is 5.97 Å². The first kappa shape index (κ1) is 21.2. The molecule has 0 heterocycles. The molecule has 0 saturated carbocycles. The molecule has 144 valence electrons. The molecule has 0 unspecified atom stereocenters. The summed E-state index contributed by atoms with van der Waals surface area (Å²) >= 11 is 2.11. The molecule has 0 radical (unpaired) electrons. The van der Waals surface area contributed by atoms with Gasteiger partial charge in [0.25, 0.3) is 0 Å². The minimum Gasteiger partial charge on any atom is -0.465 e. The van der Waals surface area contributed by atoms with E-state index >= 15 is 0 Å². The number of carbonyl (C=O) groups is 2. The maximum Gasteiger partial charge on any atom is 0.338 e. The molecule has 2 aromatic rings. The first-order chi connectivity index (χ1) is 12.6. The van der Waals surface area contributed by atoms with E-state index in [1.54, 1.807) is 49.4 Å². The zero-order valence-electron chi connectivity index (χ0n) is 15.0. The number of esters is 1. The Labute approximate surface area is 171 Å². The van der Waals surface area contributed by atoms with Crippen LogP contribution in [0.3, 0.4) is 0 Å². The highest BCUT2D eigenvalue weighted by molar-refractivity contribution is 14.1. The van der Waals surface area contributed by atoms with Crippen molar-refractivity contribution in [1.82, 2.24) is 0 Å². The van der Waals surface area contributed by atoms with E-state index in [2.05, 4.69) is 27.9 Å². The van der Waals surface area contributed by atoms with E-state index in [9.17, 15) is 18.0 Å². The van der Waals surface area contributed by atoms with Gasteiger partial charge in [0.1, 0.15) is 6.54 Å². The predicted octanol–water partition coefficient (Wildman–Crippen LogP) is 2.79. The smallest absolute Gasteiger partial charge is 0.338 e. The van der Waals surface area contributed by atoms with Gasteiger partial charge in [-0.2, -0.15) is 0 Å². The van der Waals surface area contributed by atoms with Crippen LogP contribution in [0, 0.1) is 10.5 Å². The number of nitrogens with zero attached hydrogens (tertiary/aromatic N) is 1. The number of carbonyl (C=O) groups excluding carboxylic acids is 2. The van der Waals surface area contributed by atoms with Crippen molar-refractivity contribution >= 4 is 55.9 Å². The quantitative estimate of drug-likeness (QED) is 0.485. The summed E-state index contributed by atoms with van der Waals surface area (Å²) in [6.07, 6.45) is 1.04. The molecule has 1 N–H and O–H groups in total. The van der Waals surface area contributed by atoms with Crippen molar-refractivity contribution in [3.63, 3.8) is 0 Å². The molecule has 2 rings (SSSR count). The summed E-state index contributed by atoms with van der Waals surface area (Å²) in [6, 6.07) is 11.6. The summed E-state index contributed by atoms with van der Waals surface area (Å²) < 4.78 is 31.0. The fourth-order valence-corrected chi connectivity index (χ4v) is 3.65. The van der Waals surface area contributed by atoms with Crippen LogP contribution in [0.15, 0.2) is 42.5 Å². The van der Waals surface area contributed by atoms with Gasteiger partial charge in [0.2, 0.25) is 15.9 Å². The third-order valence-electron chi connectivity index (χ3n) is 3.82. The SMILES string of the molecule is COC(=O)c1cccc(NC(=O)CN(c2ccc(I)cc2)S(C)(=O)=O)c1C. The number of methoxy groups -OCH3 is 1. The van der Waals surface area contributed by atoms with E-state index in [4.69, 9.17) is 4.74 Å². The van der Waals surface area contributed by atoms with Crippen LogP contribution in [0.4, 0.5) is 11.4 Å². The Morgan fingerprint density at radius 2 is 1.78 bits per heavy atom. The van der Waals surface area contributed by atoms with Gasteiger partial charge in [-0.3, -0.25) is 9.10 Å². The highest BCUT2D eigenvalue weighted by Crippen LogP contribution is 2.22. The number of ether oxygens (including phenoxy) is 1. The zero-order chi connectivity index (χ0) is 20.2. The first-order valence-corrected chi connectivity index (χ1v) is 10.8. The maximum atomic E-state index is 12.5. The lowest BCUT2D eigenvalue weighted by molar-refractivity contribution is -0.114. The highest BCUT2D eigenvalue weighted by atomic mass is 127. The lowest BCUT2D eigenvalue weighted by Crippen LogP contribution is -2.37. The minimum absolute atomic E-state index is 0.327. The minimum atomic E-state index is -3.66. The average molecular weight is 502 g/mol. The molecule has 0 atom stereocenters. The molecule has 2 aromatic carbocycles. The summed E-state index contributed by atoms with van der Waals surface area (Å²) in [5.41, 5.74) is 1.68. The molecule has 27 heavy (non-hydrogen) atoms. The van der Waals surface area contributed by atoms with Crippen LogP contribution in [0.2, 0.25) is 0 Å². The number of sulfonamides is 1. The first-order valence-electron chi connectivity index (χ1n) is 7.84. The molecule has 9 heteroatoms. The van der Waals surface area contributed by atoms with Crippen LogP contribution in [0.25, 0.3) is 0 Å². The normalized spacial score (nSPS) is 11.0.